The molecule has 0 N–H and O–H groups in total. The zero-order valence-electron chi connectivity index (χ0n) is 9.98. The fourth-order valence-electron chi connectivity index (χ4n) is 3.46. The number of fused-ring (bicyclic) bond motifs is 5. The monoisotopic (exact) mass is 227 g/mol. The van der Waals surface area contributed by atoms with Gasteiger partial charge in [-0.3, -0.25) is 4.90 Å². The van der Waals surface area contributed by atoms with Gasteiger partial charge in [-0.1, -0.05) is 24.6 Å². The zero-order chi connectivity index (χ0) is 11.2. The van der Waals surface area contributed by atoms with Gasteiger partial charge < -0.3 is 4.42 Å². The second-order valence-electron chi connectivity index (χ2n) is 5.24. The van der Waals surface area contributed by atoms with Crippen LogP contribution in [0.5, 0.6) is 0 Å². The Kier molecular flexibility index (Phi) is 2.06. The predicted molar refractivity (Wildman–Crippen MR) is 68.1 cm³/mol. The summed E-state index contributed by atoms with van der Waals surface area (Å²) in [5.41, 5.74) is 2.55. The third kappa shape index (κ3) is 1.37. The van der Waals surface area contributed by atoms with Gasteiger partial charge >= 0.3 is 0 Å². The lowest BCUT2D eigenvalue weighted by atomic mass is 9.91. The van der Waals surface area contributed by atoms with E-state index in [0.717, 1.165) is 12.0 Å². The van der Waals surface area contributed by atoms with Gasteiger partial charge in [0.25, 0.3) is 0 Å². The van der Waals surface area contributed by atoms with Crippen molar-refractivity contribution < 1.29 is 4.42 Å². The molecule has 4 rings (SSSR count). The number of para-hydroxylation sites is 1. The number of benzene rings is 1. The van der Waals surface area contributed by atoms with Gasteiger partial charge in [0.1, 0.15) is 11.3 Å². The van der Waals surface area contributed by atoms with Crippen LogP contribution >= 0.6 is 0 Å². The smallest absolute Gasteiger partial charge is 0.134 e. The highest BCUT2D eigenvalue weighted by molar-refractivity contribution is 5.82. The molecule has 0 unspecified atom stereocenters. The Balaban J connectivity index is 1.89. The van der Waals surface area contributed by atoms with E-state index in [4.69, 9.17) is 4.42 Å². The second-order valence-corrected chi connectivity index (χ2v) is 5.24. The van der Waals surface area contributed by atoms with E-state index in [-0.39, 0.29) is 0 Å². The Bertz CT molecular complexity index is 557. The van der Waals surface area contributed by atoms with Crippen LogP contribution < -0.4 is 0 Å². The van der Waals surface area contributed by atoms with Crippen LogP contribution in [0.15, 0.2) is 28.7 Å². The minimum atomic E-state index is 0.555. The summed E-state index contributed by atoms with van der Waals surface area (Å²) in [7, 11) is 0. The summed E-state index contributed by atoms with van der Waals surface area (Å²) in [5, 5.41) is 1.34. The number of hydrogen-bond acceptors (Lipinski definition) is 2. The summed E-state index contributed by atoms with van der Waals surface area (Å²) in [5.74, 6) is 1.26. The van der Waals surface area contributed by atoms with E-state index in [1.54, 1.807) is 0 Å². The molecule has 0 radical (unpaired) electrons. The van der Waals surface area contributed by atoms with Crippen LogP contribution in [-0.2, 0) is 6.42 Å². The molecular weight excluding hydrogens is 210 g/mol. The van der Waals surface area contributed by atoms with Crippen LogP contribution in [0, 0.1) is 0 Å². The highest BCUT2D eigenvalue weighted by Crippen LogP contribution is 2.40. The van der Waals surface area contributed by atoms with Crippen molar-refractivity contribution in [2.45, 2.75) is 31.7 Å². The summed E-state index contributed by atoms with van der Waals surface area (Å²) < 4.78 is 6.12. The van der Waals surface area contributed by atoms with E-state index in [0.29, 0.717) is 6.04 Å². The third-order valence-electron chi connectivity index (χ3n) is 4.29. The van der Waals surface area contributed by atoms with E-state index in [2.05, 4.69) is 29.2 Å². The summed E-state index contributed by atoms with van der Waals surface area (Å²) in [6.07, 6.45) is 5.12. The van der Waals surface area contributed by atoms with Gasteiger partial charge in [-0.25, -0.2) is 0 Å². The fraction of sp³-hybridized carbons (Fsp3) is 0.467. The quantitative estimate of drug-likeness (QED) is 0.684. The first-order valence-corrected chi connectivity index (χ1v) is 6.68. The van der Waals surface area contributed by atoms with Crippen LogP contribution in [0.2, 0.25) is 0 Å². The molecule has 0 amide bonds. The van der Waals surface area contributed by atoms with Crippen LogP contribution in [-0.4, -0.2) is 18.0 Å². The van der Waals surface area contributed by atoms with Crippen molar-refractivity contribution in [2.24, 2.45) is 0 Å². The van der Waals surface area contributed by atoms with Crippen molar-refractivity contribution in [1.82, 2.24) is 4.90 Å². The Morgan fingerprint density at radius 3 is 3.06 bits per heavy atom. The highest BCUT2D eigenvalue weighted by Gasteiger charge is 2.33. The van der Waals surface area contributed by atoms with Gasteiger partial charge in [0.2, 0.25) is 0 Å². The third-order valence-corrected chi connectivity index (χ3v) is 4.29. The number of nitrogens with zero attached hydrogens (tertiary/aromatic N) is 1. The molecule has 0 bridgehead atoms. The van der Waals surface area contributed by atoms with Crippen LogP contribution in [0.4, 0.5) is 0 Å². The normalized spacial score (nSPS) is 24.6. The molecule has 1 fully saturated rings. The average molecular weight is 227 g/mol. The summed E-state index contributed by atoms with van der Waals surface area (Å²) in [6, 6.07) is 9.04. The summed E-state index contributed by atoms with van der Waals surface area (Å²) >= 11 is 0. The largest absolute Gasteiger partial charge is 0.459 e. The number of furan rings is 1. The zero-order valence-corrected chi connectivity index (χ0v) is 9.98. The van der Waals surface area contributed by atoms with Crippen molar-refractivity contribution in [2.75, 3.05) is 13.1 Å². The molecule has 17 heavy (non-hydrogen) atoms. The molecule has 88 valence electrons. The lowest BCUT2D eigenvalue weighted by Gasteiger charge is -2.38. The van der Waals surface area contributed by atoms with Gasteiger partial charge in [-0.2, -0.15) is 0 Å². The maximum Gasteiger partial charge on any atom is 0.134 e. The SMILES string of the molecule is c1ccc2c3c(oc2c1)[C@H]1CCCCN1CC3. The highest BCUT2D eigenvalue weighted by atomic mass is 16.3. The van der Waals surface area contributed by atoms with Crippen molar-refractivity contribution in [3.05, 3.63) is 35.6 Å². The number of hydrogen-bond donors (Lipinski definition) is 0. The molecule has 0 aliphatic carbocycles. The van der Waals surface area contributed by atoms with E-state index < -0.39 is 0 Å². The molecule has 0 saturated carbocycles. The summed E-state index contributed by atoms with van der Waals surface area (Å²) in [6.45, 7) is 2.46. The summed E-state index contributed by atoms with van der Waals surface area (Å²) in [4.78, 5) is 2.61. The van der Waals surface area contributed by atoms with E-state index >= 15 is 0 Å². The van der Waals surface area contributed by atoms with Crippen molar-refractivity contribution in [3.8, 4) is 0 Å². The minimum absolute atomic E-state index is 0.555. The van der Waals surface area contributed by atoms with Crippen LogP contribution in [0.25, 0.3) is 11.0 Å². The molecule has 1 aromatic carbocycles. The molecule has 2 aromatic rings. The molecular formula is C15H17NO. The molecule has 1 saturated heterocycles. The molecule has 1 atom stereocenters. The average Bonchev–Trinajstić information content (AvgIpc) is 2.78. The molecule has 2 aliphatic rings. The van der Waals surface area contributed by atoms with Gasteiger partial charge in [-0.15, -0.1) is 0 Å². The molecule has 3 heterocycles. The lowest BCUT2D eigenvalue weighted by Crippen LogP contribution is -2.38. The van der Waals surface area contributed by atoms with Crippen LogP contribution in [0.1, 0.15) is 36.6 Å². The second kappa shape index (κ2) is 3.61. The molecule has 2 nitrogen and oxygen atoms in total. The maximum atomic E-state index is 6.12. The van der Waals surface area contributed by atoms with E-state index in [1.165, 1.54) is 49.1 Å². The topological polar surface area (TPSA) is 16.4 Å². The van der Waals surface area contributed by atoms with Gasteiger partial charge in [0, 0.05) is 17.5 Å². The van der Waals surface area contributed by atoms with Crippen molar-refractivity contribution >= 4 is 11.0 Å². The fourth-order valence-corrected chi connectivity index (χ4v) is 3.46. The Morgan fingerprint density at radius 1 is 1.12 bits per heavy atom. The molecule has 2 heteroatoms. The van der Waals surface area contributed by atoms with Gasteiger partial charge in [-0.05, 0) is 31.9 Å². The first-order chi connectivity index (χ1) is 8.43. The minimum Gasteiger partial charge on any atom is -0.459 e. The van der Waals surface area contributed by atoms with E-state index in [1.807, 2.05) is 0 Å². The van der Waals surface area contributed by atoms with E-state index in [9.17, 15) is 0 Å². The molecule has 1 aromatic heterocycles. The standard InChI is InChI=1S/C15H17NO/c1-2-7-14-11(5-1)12-8-10-16-9-4-3-6-13(16)15(12)17-14/h1-2,5,7,13H,3-4,6,8-10H2/t13-/m1/s1. The van der Waals surface area contributed by atoms with Crippen LogP contribution in [0.3, 0.4) is 0 Å². The lowest BCUT2D eigenvalue weighted by molar-refractivity contribution is 0.120. The first-order valence-electron chi connectivity index (χ1n) is 6.68. The van der Waals surface area contributed by atoms with Crippen molar-refractivity contribution in [1.29, 1.82) is 0 Å². The molecule has 2 aliphatic heterocycles. The number of rotatable bonds is 0. The maximum absolute atomic E-state index is 6.12. The molecule has 0 spiro atoms. The Morgan fingerprint density at radius 2 is 2.06 bits per heavy atom. The Hall–Kier alpha value is -1.28. The first kappa shape index (κ1) is 9.72. The van der Waals surface area contributed by atoms with Gasteiger partial charge in [0.05, 0.1) is 6.04 Å². The Labute approximate surface area is 101 Å². The van der Waals surface area contributed by atoms with Crippen molar-refractivity contribution in [3.63, 3.8) is 0 Å². The predicted octanol–water partition coefficient (Wildman–Crippen LogP) is 3.52. The van der Waals surface area contributed by atoms with Gasteiger partial charge in [0.15, 0.2) is 0 Å². The number of piperidine rings is 1.